The van der Waals surface area contributed by atoms with E-state index in [9.17, 15) is 0 Å². The number of benzene rings is 1. The molecule has 2 nitrogen and oxygen atoms in total. The Kier molecular flexibility index (Phi) is 2.36. The highest BCUT2D eigenvalue weighted by Gasteiger charge is 2.15. The second-order valence-electron chi connectivity index (χ2n) is 4.51. The molecule has 0 radical (unpaired) electrons. The molecule has 0 fully saturated rings. The fourth-order valence-electron chi connectivity index (χ4n) is 2.63. The highest BCUT2D eigenvalue weighted by Crippen LogP contribution is 2.24. The van der Waals surface area contributed by atoms with Gasteiger partial charge in [0.2, 0.25) is 0 Å². The molecule has 1 aromatic carbocycles. The quantitative estimate of drug-likeness (QED) is 0.742. The van der Waals surface area contributed by atoms with Crippen molar-refractivity contribution >= 4 is 11.6 Å². The molecule has 0 N–H and O–H groups in total. The smallest absolute Gasteiger partial charge is 0.141 e. The Balaban J connectivity index is 2.40. The van der Waals surface area contributed by atoms with Gasteiger partial charge in [-0.3, -0.25) is 0 Å². The van der Waals surface area contributed by atoms with Crippen LogP contribution in [0.3, 0.4) is 0 Å². The summed E-state index contributed by atoms with van der Waals surface area (Å²) in [6.07, 6.45) is 4.47. The van der Waals surface area contributed by atoms with E-state index in [1.807, 2.05) is 13.8 Å². The van der Waals surface area contributed by atoms with Gasteiger partial charge >= 0.3 is 0 Å². The summed E-state index contributed by atoms with van der Waals surface area (Å²) in [5, 5.41) is 6.71. The molecule has 0 spiro atoms. The fraction of sp³-hybridized carbons (Fsp3) is 0.267. The summed E-state index contributed by atoms with van der Waals surface area (Å²) in [6.45, 7) is 4.00. The maximum atomic E-state index is 5.28. The Hall–Kier alpha value is -1.83. The lowest BCUT2D eigenvalue weighted by atomic mass is 9.93. The molecule has 0 amide bonds. The highest BCUT2D eigenvalue weighted by atomic mass is 16.5. The third-order valence-corrected chi connectivity index (χ3v) is 3.38. The van der Waals surface area contributed by atoms with E-state index in [1.165, 1.54) is 21.6 Å². The topological polar surface area (TPSA) is 26.0 Å². The zero-order chi connectivity index (χ0) is 11.8. The number of hydrogen-bond acceptors (Lipinski definition) is 2. The first-order chi connectivity index (χ1) is 8.27. The maximum Gasteiger partial charge on any atom is 0.141 e. The zero-order valence-electron chi connectivity index (χ0n) is 10.2. The summed E-state index contributed by atoms with van der Waals surface area (Å²) in [5.41, 5.74) is 3.57. The molecule has 0 aliphatic heterocycles. The van der Waals surface area contributed by atoms with Gasteiger partial charge in [-0.05, 0) is 42.7 Å². The van der Waals surface area contributed by atoms with Crippen molar-refractivity contribution < 1.29 is 4.52 Å². The molecule has 17 heavy (non-hydrogen) atoms. The normalized spacial score (nSPS) is 14.4. The standard InChI is InChI=1S/C15H15NO/c1-10-15(11(2)17-16-10)14-9-5-7-12-6-3-4-8-13(12)14/h3-4,6-8H,5,9H2,1-2H3. The van der Waals surface area contributed by atoms with Gasteiger partial charge in [0.15, 0.2) is 0 Å². The number of aromatic nitrogens is 1. The van der Waals surface area contributed by atoms with Crippen LogP contribution in [0.1, 0.15) is 29.9 Å². The van der Waals surface area contributed by atoms with Crippen LogP contribution in [0.2, 0.25) is 0 Å². The first kappa shape index (κ1) is 10.3. The van der Waals surface area contributed by atoms with Crippen molar-refractivity contribution in [2.24, 2.45) is 0 Å². The molecule has 2 aromatic rings. The van der Waals surface area contributed by atoms with Gasteiger partial charge in [-0.1, -0.05) is 35.5 Å². The van der Waals surface area contributed by atoms with E-state index in [1.54, 1.807) is 0 Å². The monoisotopic (exact) mass is 225 g/mol. The summed E-state index contributed by atoms with van der Waals surface area (Å²) in [7, 11) is 0. The molecule has 1 aliphatic carbocycles. The van der Waals surface area contributed by atoms with Crippen LogP contribution in [-0.4, -0.2) is 5.16 Å². The minimum atomic E-state index is 0.925. The zero-order valence-corrected chi connectivity index (χ0v) is 10.2. The second kappa shape index (κ2) is 3.88. The van der Waals surface area contributed by atoms with E-state index < -0.39 is 0 Å². The average molecular weight is 225 g/mol. The van der Waals surface area contributed by atoms with Crippen LogP contribution in [0.5, 0.6) is 0 Å². The molecule has 0 unspecified atom stereocenters. The number of aryl methyl sites for hydroxylation is 2. The van der Waals surface area contributed by atoms with Crippen molar-refractivity contribution in [3.8, 4) is 0 Å². The van der Waals surface area contributed by atoms with E-state index in [0.29, 0.717) is 0 Å². The molecule has 1 aromatic heterocycles. The number of hydrogen-bond donors (Lipinski definition) is 0. The van der Waals surface area contributed by atoms with Crippen LogP contribution in [-0.2, 0) is 0 Å². The van der Waals surface area contributed by atoms with E-state index in [2.05, 4.69) is 35.5 Å². The Bertz CT molecular complexity index is 660. The molecule has 3 rings (SSSR count). The molecular formula is C15H15NO. The predicted molar refractivity (Wildman–Crippen MR) is 67.9 cm³/mol. The van der Waals surface area contributed by atoms with Crippen LogP contribution in [0.4, 0.5) is 0 Å². The Morgan fingerprint density at radius 1 is 1.18 bits per heavy atom. The first-order valence-corrected chi connectivity index (χ1v) is 5.99. The largest absolute Gasteiger partial charge is 0.361 e. The lowest BCUT2D eigenvalue weighted by Crippen LogP contribution is -2.29. The van der Waals surface area contributed by atoms with Gasteiger partial charge in [-0.25, -0.2) is 0 Å². The van der Waals surface area contributed by atoms with Crippen LogP contribution in [0.15, 0.2) is 28.8 Å². The summed E-state index contributed by atoms with van der Waals surface area (Å²) in [6, 6.07) is 8.54. The average Bonchev–Trinajstić information content (AvgIpc) is 2.69. The third kappa shape index (κ3) is 1.60. The molecule has 0 saturated carbocycles. The highest BCUT2D eigenvalue weighted by molar-refractivity contribution is 5.70. The summed E-state index contributed by atoms with van der Waals surface area (Å²) >= 11 is 0. The number of fused-ring (bicyclic) bond motifs is 1. The van der Waals surface area contributed by atoms with Gasteiger partial charge in [0.25, 0.3) is 0 Å². The van der Waals surface area contributed by atoms with Gasteiger partial charge < -0.3 is 4.52 Å². The Morgan fingerprint density at radius 2 is 2.00 bits per heavy atom. The van der Waals surface area contributed by atoms with Gasteiger partial charge in [-0.2, -0.15) is 0 Å². The van der Waals surface area contributed by atoms with Crippen molar-refractivity contribution in [3.63, 3.8) is 0 Å². The summed E-state index contributed by atoms with van der Waals surface area (Å²) < 4.78 is 5.28. The van der Waals surface area contributed by atoms with E-state index >= 15 is 0 Å². The molecule has 0 bridgehead atoms. The molecule has 0 saturated heterocycles. The fourth-order valence-corrected chi connectivity index (χ4v) is 2.63. The molecule has 2 heteroatoms. The first-order valence-electron chi connectivity index (χ1n) is 5.99. The minimum Gasteiger partial charge on any atom is -0.361 e. The lowest BCUT2D eigenvalue weighted by molar-refractivity contribution is 0.393. The van der Waals surface area contributed by atoms with Crippen molar-refractivity contribution in [1.29, 1.82) is 0 Å². The predicted octanol–water partition coefficient (Wildman–Crippen LogP) is 2.06. The van der Waals surface area contributed by atoms with Crippen molar-refractivity contribution in [1.82, 2.24) is 5.16 Å². The minimum absolute atomic E-state index is 0.925. The number of nitrogens with zero attached hydrogens (tertiary/aromatic N) is 1. The molecule has 1 heterocycles. The van der Waals surface area contributed by atoms with Crippen LogP contribution >= 0.6 is 0 Å². The third-order valence-electron chi connectivity index (χ3n) is 3.38. The molecule has 86 valence electrons. The van der Waals surface area contributed by atoms with E-state index in [4.69, 9.17) is 4.52 Å². The van der Waals surface area contributed by atoms with Crippen LogP contribution in [0, 0.1) is 13.8 Å². The Morgan fingerprint density at radius 3 is 2.76 bits per heavy atom. The maximum absolute atomic E-state index is 5.28. The SMILES string of the molecule is Cc1noc(C)c1C1=c2ccccc2=CCC1. The molecule has 1 aliphatic rings. The lowest BCUT2D eigenvalue weighted by Gasteiger charge is -2.10. The van der Waals surface area contributed by atoms with Gasteiger partial charge in [0.1, 0.15) is 5.76 Å². The van der Waals surface area contributed by atoms with E-state index in [0.717, 1.165) is 24.3 Å². The van der Waals surface area contributed by atoms with E-state index in [-0.39, 0.29) is 0 Å². The van der Waals surface area contributed by atoms with Gasteiger partial charge in [-0.15, -0.1) is 0 Å². The summed E-state index contributed by atoms with van der Waals surface area (Å²) in [4.78, 5) is 0. The summed E-state index contributed by atoms with van der Waals surface area (Å²) in [5.74, 6) is 0.925. The molecular weight excluding hydrogens is 210 g/mol. The van der Waals surface area contributed by atoms with Crippen LogP contribution < -0.4 is 10.4 Å². The second-order valence-corrected chi connectivity index (χ2v) is 4.51. The van der Waals surface area contributed by atoms with Gasteiger partial charge in [0, 0.05) is 5.56 Å². The van der Waals surface area contributed by atoms with Crippen molar-refractivity contribution in [2.45, 2.75) is 26.7 Å². The van der Waals surface area contributed by atoms with Gasteiger partial charge in [0.05, 0.1) is 5.69 Å². The number of rotatable bonds is 1. The van der Waals surface area contributed by atoms with Crippen LogP contribution in [0.25, 0.3) is 11.6 Å². The van der Waals surface area contributed by atoms with Crippen molar-refractivity contribution in [3.05, 3.63) is 51.7 Å². The Labute approximate surface area is 100 Å². The molecule has 0 atom stereocenters. The van der Waals surface area contributed by atoms with Crippen molar-refractivity contribution in [2.75, 3.05) is 0 Å².